The van der Waals surface area contributed by atoms with Crippen LogP contribution in [-0.2, 0) is 0 Å². The summed E-state index contributed by atoms with van der Waals surface area (Å²) in [6.45, 7) is 2.22. The molecule has 0 spiro atoms. The first kappa shape index (κ1) is 19.4. The van der Waals surface area contributed by atoms with Crippen molar-refractivity contribution in [2.75, 3.05) is 5.43 Å². The van der Waals surface area contributed by atoms with E-state index in [9.17, 15) is 9.90 Å². The third kappa shape index (κ3) is 3.80. The van der Waals surface area contributed by atoms with E-state index in [1.54, 1.807) is 17.4 Å². The van der Waals surface area contributed by atoms with Crippen molar-refractivity contribution in [3.63, 3.8) is 0 Å². The first-order valence-electron chi connectivity index (χ1n) is 10.1. The van der Waals surface area contributed by atoms with Gasteiger partial charge in [0.25, 0.3) is 0 Å². The molecule has 0 saturated heterocycles. The molecule has 0 aliphatic heterocycles. The van der Waals surface area contributed by atoms with Gasteiger partial charge >= 0.3 is 5.97 Å². The molecule has 0 radical (unpaired) electrons. The zero-order chi connectivity index (χ0) is 21.4. The molecule has 1 unspecified atom stereocenters. The second-order valence-corrected chi connectivity index (χ2v) is 8.64. The van der Waals surface area contributed by atoms with E-state index in [-0.39, 0.29) is 5.69 Å². The number of hydrogen-bond donors (Lipinski definition) is 2. The minimum absolute atomic E-state index is 0.0370. The van der Waals surface area contributed by atoms with Gasteiger partial charge in [0.1, 0.15) is 5.69 Å². The summed E-state index contributed by atoms with van der Waals surface area (Å²) < 4.78 is 1.12. The number of aromatic carboxylic acids is 1. The van der Waals surface area contributed by atoms with E-state index >= 15 is 0 Å². The van der Waals surface area contributed by atoms with Gasteiger partial charge in [-0.05, 0) is 54.7 Å². The maximum atomic E-state index is 11.3. The van der Waals surface area contributed by atoms with Gasteiger partial charge in [-0.1, -0.05) is 48.6 Å². The molecule has 0 bridgehead atoms. The van der Waals surface area contributed by atoms with Gasteiger partial charge in [0.15, 0.2) is 0 Å². The number of nitrogens with zero attached hydrogens (tertiary/aromatic N) is 3. The van der Waals surface area contributed by atoms with Crippen molar-refractivity contribution in [3.8, 4) is 11.3 Å². The number of carbonyl (C=O) groups is 1. The van der Waals surface area contributed by atoms with Crippen LogP contribution in [0.4, 0.5) is 5.13 Å². The lowest BCUT2D eigenvalue weighted by molar-refractivity contribution is 0.0690. The number of thiazole rings is 1. The van der Waals surface area contributed by atoms with Gasteiger partial charge in [-0.25, -0.2) is 14.8 Å². The Bertz CT molecular complexity index is 1300. The van der Waals surface area contributed by atoms with E-state index in [0.717, 1.165) is 45.0 Å². The number of fused-ring (bicyclic) bond motifs is 2. The molecule has 1 aliphatic carbocycles. The van der Waals surface area contributed by atoms with Crippen molar-refractivity contribution in [2.45, 2.75) is 25.7 Å². The largest absolute Gasteiger partial charge is 0.477 e. The van der Waals surface area contributed by atoms with Crippen LogP contribution in [0, 0.1) is 0 Å². The zero-order valence-corrected chi connectivity index (χ0v) is 17.7. The van der Waals surface area contributed by atoms with Gasteiger partial charge in [-0.3, -0.25) is 5.43 Å². The lowest BCUT2D eigenvalue weighted by Gasteiger charge is -2.24. The third-order valence-corrected chi connectivity index (χ3v) is 6.49. The van der Waals surface area contributed by atoms with Crippen molar-refractivity contribution >= 4 is 38.4 Å². The quantitative estimate of drug-likeness (QED) is 0.403. The van der Waals surface area contributed by atoms with Crippen molar-refractivity contribution in [1.29, 1.82) is 0 Å². The highest BCUT2D eigenvalue weighted by molar-refractivity contribution is 7.22. The Morgan fingerprint density at radius 1 is 1.13 bits per heavy atom. The maximum absolute atomic E-state index is 11.3. The number of hydrogen-bond acceptors (Lipinski definition) is 6. The minimum atomic E-state index is -1.03. The van der Waals surface area contributed by atoms with Crippen molar-refractivity contribution < 1.29 is 9.90 Å². The van der Waals surface area contributed by atoms with Crippen LogP contribution < -0.4 is 5.43 Å². The van der Waals surface area contributed by atoms with Crippen molar-refractivity contribution in [3.05, 3.63) is 77.5 Å². The van der Waals surface area contributed by atoms with E-state index in [1.165, 1.54) is 11.6 Å². The average molecular weight is 429 g/mol. The summed E-state index contributed by atoms with van der Waals surface area (Å²) in [6.07, 6.45) is 1.89. The number of anilines is 1. The number of hydrazone groups is 1. The lowest BCUT2D eigenvalue weighted by Crippen LogP contribution is -2.16. The zero-order valence-electron chi connectivity index (χ0n) is 16.9. The molecular weight excluding hydrogens is 408 g/mol. The molecule has 2 aromatic heterocycles. The van der Waals surface area contributed by atoms with Crippen LogP contribution >= 0.6 is 11.3 Å². The van der Waals surface area contributed by atoms with Gasteiger partial charge < -0.3 is 5.11 Å². The molecule has 5 rings (SSSR count). The van der Waals surface area contributed by atoms with Crippen LogP contribution in [0.5, 0.6) is 0 Å². The second-order valence-electron chi connectivity index (χ2n) is 7.61. The van der Waals surface area contributed by atoms with Gasteiger partial charge in [-0.2, -0.15) is 5.10 Å². The molecule has 6 nitrogen and oxygen atoms in total. The van der Waals surface area contributed by atoms with Crippen LogP contribution in [0.25, 0.3) is 21.5 Å². The number of carboxylic acid groups (broad SMARTS) is 1. The van der Waals surface area contributed by atoms with Gasteiger partial charge in [0.2, 0.25) is 5.13 Å². The number of benzene rings is 2. The van der Waals surface area contributed by atoms with E-state index < -0.39 is 5.97 Å². The van der Waals surface area contributed by atoms with E-state index in [4.69, 9.17) is 5.10 Å². The Morgan fingerprint density at radius 3 is 2.84 bits per heavy atom. The summed E-state index contributed by atoms with van der Waals surface area (Å²) in [5, 5.41) is 14.7. The van der Waals surface area contributed by atoms with Crippen LogP contribution in [0.15, 0.2) is 65.8 Å². The maximum Gasteiger partial charge on any atom is 0.354 e. The Hall–Kier alpha value is -3.58. The van der Waals surface area contributed by atoms with E-state index in [2.05, 4.69) is 34.5 Å². The number of pyridine rings is 1. The second kappa shape index (κ2) is 7.92. The first-order valence-corrected chi connectivity index (χ1v) is 10.9. The molecule has 0 fully saturated rings. The van der Waals surface area contributed by atoms with E-state index in [0.29, 0.717) is 11.6 Å². The highest BCUT2D eigenvalue weighted by atomic mass is 32.1. The number of aromatic nitrogens is 2. The van der Waals surface area contributed by atoms with Crippen LogP contribution in [0.3, 0.4) is 0 Å². The van der Waals surface area contributed by atoms with E-state index in [1.807, 2.05) is 36.4 Å². The molecule has 0 saturated carbocycles. The fourth-order valence-electron chi connectivity index (χ4n) is 3.90. The third-order valence-electron chi connectivity index (χ3n) is 5.55. The van der Waals surface area contributed by atoms with Gasteiger partial charge in [-0.15, -0.1) is 0 Å². The summed E-state index contributed by atoms with van der Waals surface area (Å²) in [6, 6.07) is 19.3. The predicted molar refractivity (Wildman–Crippen MR) is 124 cm³/mol. The summed E-state index contributed by atoms with van der Waals surface area (Å²) in [5.41, 5.74) is 8.95. The normalized spacial score (nSPS) is 16.9. The van der Waals surface area contributed by atoms with Crippen LogP contribution in [0.2, 0.25) is 0 Å². The summed E-state index contributed by atoms with van der Waals surface area (Å²) in [7, 11) is 0. The molecule has 31 heavy (non-hydrogen) atoms. The molecule has 154 valence electrons. The standard InChI is InChI=1S/C24H20N4O2S/c1-14-9-12-19(27-28-24-26-20-5-2-3-8-22(20)31-24)17-13-15(10-11-16(14)17)18-6-4-7-21(25-18)23(29)30/h2-8,10-11,13-14H,9,12H2,1H3,(H,26,28)(H,29,30)/b27-19+. The smallest absolute Gasteiger partial charge is 0.354 e. The van der Waals surface area contributed by atoms with Crippen LogP contribution in [0.1, 0.15) is 47.3 Å². The summed E-state index contributed by atoms with van der Waals surface area (Å²) in [5.74, 6) is -0.598. The number of rotatable bonds is 4. The SMILES string of the molecule is CC1CC/C(=N\Nc2nc3ccccc3s2)c2cc(-c3cccc(C(=O)O)n3)ccc21. The fraction of sp³-hybridized carbons (Fsp3) is 0.167. The van der Waals surface area contributed by atoms with Crippen molar-refractivity contribution in [2.24, 2.45) is 5.10 Å². The predicted octanol–water partition coefficient (Wildman–Crippen LogP) is 5.77. The molecule has 2 heterocycles. The minimum Gasteiger partial charge on any atom is -0.477 e. The Morgan fingerprint density at radius 2 is 2.00 bits per heavy atom. The molecule has 1 atom stereocenters. The number of para-hydroxylation sites is 1. The fourth-order valence-corrected chi connectivity index (χ4v) is 4.71. The van der Waals surface area contributed by atoms with Gasteiger partial charge in [0, 0.05) is 11.1 Å². The summed E-state index contributed by atoms with van der Waals surface area (Å²) >= 11 is 1.58. The summed E-state index contributed by atoms with van der Waals surface area (Å²) in [4.78, 5) is 20.2. The molecule has 2 N–H and O–H groups in total. The molecule has 1 aliphatic rings. The molecule has 0 amide bonds. The number of nitrogens with one attached hydrogen (secondary N) is 1. The Kier molecular flexibility index (Phi) is 4.95. The molecule has 4 aromatic rings. The van der Waals surface area contributed by atoms with Crippen LogP contribution in [-0.4, -0.2) is 26.8 Å². The topological polar surface area (TPSA) is 87.5 Å². The highest BCUT2D eigenvalue weighted by Crippen LogP contribution is 2.34. The Labute approximate surface area is 183 Å². The average Bonchev–Trinajstić information content (AvgIpc) is 3.21. The molecular formula is C24H20N4O2S. The number of carboxylic acids is 1. The van der Waals surface area contributed by atoms with Crippen molar-refractivity contribution in [1.82, 2.24) is 9.97 Å². The highest BCUT2D eigenvalue weighted by Gasteiger charge is 2.22. The molecule has 2 aromatic carbocycles. The lowest BCUT2D eigenvalue weighted by atomic mass is 9.82. The Balaban J connectivity index is 1.51. The monoisotopic (exact) mass is 428 g/mol. The molecule has 7 heteroatoms. The van der Waals surface area contributed by atoms with Gasteiger partial charge in [0.05, 0.1) is 21.6 Å². The first-order chi connectivity index (χ1) is 15.1.